The predicted octanol–water partition coefficient (Wildman–Crippen LogP) is 3.08. The molecule has 0 saturated carbocycles. The second kappa shape index (κ2) is 5.17. The van der Waals surface area contributed by atoms with Crippen molar-refractivity contribution in [2.45, 2.75) is 6.42 Å². The monoisotopic (exact) mass is 303 g/mol. The Balaban J connectivity index is 2.02. The first-order valence-electron chi connectivity index (χ1n) is 5.00. The van der Waals surface area contributed by atoms with Gasteiger partial charge in [0, 0.05) is 16.8 Å². The lowest BCUT2D eigenvalue weighted by molar-refractivity contribution is -0.119. The summed E-state index contributed by atoms with van der Waals surface area (Å²) in [5.74, 6) is -0.0267. The maximum absolute atomic E-state index is 11.8. The molecule has 0 bridgehead atoms. The molecule has 0 aliphatic carbocycles. The minimum Gasteiger partial charge on any atom is -0.381 e. The van der Waals surface area contributed by atoms with Crippen LogP contribution in [0.2, 0.25) is 5.02 Å². The SMILES string of the molecule is O=C(Nc1ccc(Cl)c(Br)c1)[C@@H]1CCOC1. The maximum Gasteiger partial charge on any atom is 0.229 e. The van der Waals surface area contributed by atoms with Crippen molar-refractivity contribution in [1.82, 2.24) is 0 Å². The molecule has 16 heavy (non-hydrogen) atoms. The highest BCUT2D eigenvalue weighted by Crippen LogP contribution is 2.26. The van der Waals surface area contributed by atoms with Crippen molar-refractivity contribution in [3.05, 3.63) is 27.7 Å². The highest BCUT2D eigenvalue weighted by molar-refractivity contribution is 9.10. The van der Waals surface area contributed by atoms with Crippen LogP contribution in [0, 0.1) is 5.92 Å². The van der Waals surface area contributed by atoms with Crippen LogP contribution in [0.15, 0.2) is 22.7 Å². The fourth-order valence-corrected chi connectivity index (χ4v) is 2.06. The Labute approximate surface area is 107 Å². The minimum absolute atomic E-state index is 0.00622. The number of ether oxygens (including phenoxy) is 1. The molecule has 1 N–H and O–H groups in total. The van der Waals surface area contributed by atoms with Crippen molar-refractivity contribution < 1.29 is 9.53 Å². The van der Waals surface area contributed by atoms with E-state index < -0.39 is 0 Å². The molecule has 1 aromatic carbocycles. The minimum atomic E-state index is -0.0329. The van der Waals surface area contributed by atoms with Crippen molar-refractivity contribution in [2.24, 2.45) is 5.92 Å². The summed E-state index contributed by atoms with van der Waals surface area (Å²) in [6, 6.07) is 5.31. The number of carbonyl (C=O) groups is 1. The third-order valence-corrected chi connectivity index (χ3v) is 3.70. The average Bonchev–Trinajstić information content (AvgIpc) is 2.77. The first-order valence-corrected chi connectivity index (χ1v) is 6.17. The van der Waals surface area contributed by atoms with E-state index in [9.17, 15) is 4.79 Å². The number of benzene rings is 1. The zero-order valence-electron chi connectivity index (χ0n) is 8.50. The van der Waals surface area contributed by atoms with Crippen LogP contribution < -0.4 is 5.32 Å². The molecule has 86 valence electrons. The molecule has 1 heterocycles. The lowest BCUT2D eigenvalue weighted by Gasteiger charge is -2.09. The molecule has 0 radical (unpaired) electrons. The normalized spacial score (nSPS) is 19.8. The van der Waals surface area contributed by atoms with Gasteiger partial charge in [0.25, 0.3) is 0 Å². The van der Waals surface area contributed by atoms with Crippen molar-refractivity contribution in [2.75, 3.05) is 18.5 Å². The van der Waals surface area contributed by atoms with Gasteiger partial charge in [-0.05, 0) is 40.5 Å². The van der Waals surface area contributed by atoms with E-state index in [1.807, 2.05) is 0 Å². The number of anilines is 1. The largest absolute Gasteiger partial charge is 0.381 e. The number of nitrogens with one attached hydrogen (secondary N) is 1. The molecule has 0 unspecified atom stereocenters. The van der Waals surface area contributed by atoms with Gasteiger partial charge in [0.2, 0.25) is 5.91 Å². The van der Waals surface area contributed by atoms with Crippen molar-refractivity contribution in [3.63, 3.8) is 0 Å². The van der Waals surface area contributed by atoms with Gasteiger partial charge in [-0.3, -0.25) is 4.79 Å². The number of halogens is 2. The van der Waals surface area contributed by atoms with Crippen LogP contribution >= 0.6 is 27.5 Å². The van der Waals surface area contributed by atoms with Gasteiger partial charge < -0.3 is 10.1 Å². The molecule has 0 spiro atoms. The fraction of sp³-hybridized carbons (Fsp3) is 0.364. The summed E-state index contributed by atoms with van der Waals surface area (Å²) in [4.78, 5) is 11.8. The Morgan fingerprint density at radius 1 is 1.56 bits per heavy atom. The molecule has 0 aromatic heterocycles. The fourth-order valence-electron chi connectivity index (χ4n) is 1.56. The van der Waals surface area contributed by atoms with Crippen LogP contribution in [0.5, 0.6) is 0 Å². The van der Waals surface area contributed by atoms with Crippen LogP contribution in [0.25, 0.3) is 0 Å². The molecule has 3 nitrogen and oxygen atoms in total. The Kier molecular flexibility index (Phi) is 3.84. The maximum atomic E-state index is 11.8. The zero-order valence-corrected chi connectivity index (χ0v) is 10.8. The first-order chi connectivity index (χ1) is 7.66. The first kappa shape index (κ1) is 11.9. The van der Waals surface area contributed by atoms with Gasteiger partial charge in [0.05, 0.1) is 17.5 Å². The Hall–Kier alpha value is -0.580. The second-order valence-corrected chi connectivity index (χ2v) is 4.94. The van der Waals surface area contributed by atoms with E-state index >= 15 is 0 Å². The summed E-state index contributed by atoms with van der Waals surface area (Å²) in [5.41, 5.74) is 0.744. The van der Waals surface area contributed by atoms with Crippen molar-refractivity contribution in [1.29, 1.82) is 0 Å². The van der Waals surface area contributed by atoms with E-state index in [0.29, 0.717) is 18.2 Å². The van der Waals surface area contributed by atoms with E-state index in [2.05, 4.69) is 21.2 Å². The number of carbonyl (C=O) groups excluding carboxylic acids is 1. The van der Waals surface area contributed by atoms with Crippen LogP contribution in [-0.4, -0.2) is 19.1 Å². The highest BCUT2D eigenvalue weighted by atomic mass is 79.9. The van der Waals surface area contributed by atoms with E-state index in [-0.39, 0.29) is 11.8 Å². The predicted molar refractivity (Wildman–Crippen MR) is 66.7 cm³/mol. The van der Waals surface area contributed by atoms with Crippen molar-refractivity contribution in [3.8, 4) is 0 Å². The van der Waals surface area contributed by atoms with Crippen LogP contribution in [0.3, 0.4) is 0 Å². The lowest BCUT2D eigenvalue weighted by Crippen LogP contribution is -2.22. The summed E-state index contributed by atoms with van der Waals surface area (Å²) in [6.07, 6.45) is 0.792. The van der Waals surface area contributed by atoms with Crippen molar-refractivity contribution >= 4 is 39.1 Å². The summed E-state index contributed by atoms with van der Waals surface area (Å²) >= 11 is 9.18. The smallest absolute Gasteiger partial charge is 0.229 e. The molecular weight excluding hydrogens is 293 g/mol. The molecule has 1 amide bonds. The van der Waals surface area contributed by atoms with E-state index in [4.69, 9.17) is 16.3 Å². The third kappa shape index (κ3) is 2.75. The van der Waals surface area contributed by atoms with Crippen LogP contribution in [0.1, 0.15) is 6.42 Å². The van der Waals surface area contributed by atoms with E-state index in [1.54, 1.807) is 18.2 Å². The van der Waals surface area contributed by atoms with Gasteiger partial charge >= 0.3 is 0 Å². The van der Waals surface area contributed by atoms with Crippen LogP contribution in [0.4, 0.5) is 5.69 Å². The van der Waals surface area contributed by atoms with Gasteiger partial charge in [-0.2, -0.15) is 0 Å². The molecule has 1 fully saturated rings. The number of hydrogen-bond acceptors (Lipinski definition) is 2. The Bertz CT molecular complexity index is 405. The molecular formula is C11H11BrClNO2. The van der Waals surface area contributed by atoms with Crippen LogP contribution in [-0.2, 0) is 9.53 Å². The molecule has 1 aromatic rings. The molecule has 1 saturated heterocycles. The molecule has 1 aliphatic heterocycles. The van der Waals surface area contributed by atoms with Gasteiger partial charge in [-0.15, -0.1) is 0 Å². The van der Waals surface area contributed by atoms with Gasteiger partial charge in [0.15, 0.2) is 0 Å². The van der Waals surface area contributed by atoms with E-state index in [1.165, 1.54) is 0 Å². The summed E-state index contributed by atoms with van der Waals surface area (Å²) in [6.45, 7) is 1.18. The Morgan fingerprint density at radius 3 is 3.00 bits per heavy atom. The highest BCUT2D eigenvalue weighted by Gasteiger charge is 2.23. The molecule has 1 atom stereocenters. The summed E-state index contributed by atoms with van der Waals surface area (Å²) in [5, 5.41) is 3.47. The summed E-state index contributed by atoms with van der Waals surface area (Å²) < 4.78 is 5.94. The van der Waals surface area contributed by atoms with Gasteiger partial charge in [-0.25, -0.2) is 0 Å². The number of rotatable bonds is 2. The molecule has 1 aliphatic rings. The third-order valence-electron chi connectivity index (χ3n) is 2.49. The number of amides is 1. The topological polar surface area (TPSA) is 38.3 Å². The Morgan fingerprint density at radius 2 is 2.38 bits per heavy atom. The lowest BCUT2D eigenvalue weighted by atomic mass is 10.1. The van der Waals surface area contributed by atoms with Gasteiger partial charge in [-0.1, -0.05) is 11.6 Å². The quantitative estimate of drug-likeness (QED) is 0.912. The van der Waals surface area contributed by atoms with Gasteiger partial charge in [0.1, 0.15) is 0 Å². The molecule has 2 rings (SSSR count). The number of hydrogen-bond donors (Lipinski definition) is 1. The average molecular weight is 305 g/mol. The molecule has 5 heteroatoms. The second-order valence-electron chi connectivity index (χ2n) is 3.68. The zero-order chi connectivity index (χ0) is 11.5. The summed E-state index contributed by atoms with van der Waals surface area (Å²) in [7, 11) is 0. The standard InChI is InChI=1S/C11H11BrClNO2/c12-9-5-8(1-2-10(9)13)14-11(15)7-3-4-16-6-7/h1-2,5,7H,3-4,6H2,(H,14,15)/t7-/m1/s1. The van der Waals surface area contributed by atoms with E-state index in [0.717, 1.165) is 16.6 Å².